The van der Waals surface area contributed by atoms with Crippen LogP contribution in [-0.4, -0.2) is 32.8 Å². The van der Waals surface area contributed by atoms with E-state index in [1.807, 2.05) is 24.3 Å². The summed E-state index contributed by atoms with van der Waals surface area (Å²) in [5, 5.41) is 7.40. The van der Waals surface area contributed by atoms with Crippen molar-refractivity contribution in [2.75, 3.05) is 11.9 Å². The monoisotopic (exact) mass is 487 g/mol. The van der Waals surface area contributed by atoms with Crippen LogP contribution in [-0.2, 0) is 19.6 Å². The molecule has 174 valence electrons. The van der Waals surface area contributed by atoms with Crippen molar-refractivity contribution in [1.82, 2.24) is 10.0 Å². The molecule has 2 amide bonds. The second-order valence-electron chi connectivity index (χ2n) is 8.03. The Morgan fingerprint density at radius 3 is 2.36 bits per heavy atom. The van der Waals surface area contributed by atoms with E-state index in [1.54, 1.807) is 51.1 Å². The third-order valence-electron chi connectivity index (χ3n) is 5.23. The standard InChI is InChI=1S/C24H26ClN3O4S/c1-15(2)23(24(30)26-14-22(29)27-21-10-6-9-20(25)16(21)3)28-33(31,32)19-12-11-17-7-4-5-8-18(17)13-19/h4-13,15,23,28H,14H2,1-3H3,(H,26,30)(H,27,29). The van der Waals surface area contributed by atoms with Gasteiger partial charge in [0.05, 0.1) is 11.4 Å². The Balaban J connectivity index is 1.67. The van der Waals surface area contributed by atoms with Gasteiger partial charge < -0.3 is 10.6 Å². The highest BCUT2D eigenvalue weighted by Crippen LogP contribution is 2.23. The molecule has 0 bridgehead atoms. The van der Waals surface area contributed by atoms with Crippen LogP contribution < -0.4 is 15.4 Å². The van der Waals surface area contributed by atoms with E-state index in [0.29, 0.717) is 16.3 Å². The first kappa shape index (κ1) is 24.7. The lowest BCUT2D eigenvalue weighted by molar-refractivity contribution is -0.126. The smallest absolute Gasteiger partial charge is 0.243 e. The first-order chi connectivity index (χ1) is 15.6. The number of rotatable bonds is 8. The van der Waals surface area contributed by atoms with E-state index >= 15 is 0 Å². The van der Waals surface area contributed by atoms with Gasteiger partial charge in [-0.2, -0.15) is 4.72 Å². The van der Waals surface area contributed by atoms with Gasteiger partial charge in [-0.15, -0.1) is 0 Å². The molecule has 3 aromatic carbocycles. The number of carbonyl (C=O) groups is 2. The van der Waals surface area contributed by atoms with E-state index in [2.05, 4.69) is 15.4 Å². The number of nitrogens with one attached hydrogen (secondary N) is 3. The van der Waals surface area contributed by atoms with E-state index in [9.17, 15) is 18.0 Å². The third-order valence-corrected chi connectivity index (χ3v) is 7.08. The van der Waals surface area contributed by atoms with Crippen molar-refractivity contribution in [3.05, 3.63) is 71.2 Å². The van der Waals surface area contributed by atoms with Gasteiger partial charge in [-0.25, -0.2) is 8.42 Å². The summed E-state index contributed by atoms with van der Waals surface area (Å²) >= 11 is 6.06. The summed E-state index contributed by atoms with van der Waals surface area (Å²) in [5.74, 6) is -1.39. The Morgan fingerprint density at radius 2 is 1.67 bits per heavy atom. The molecular formula is C24H26ClN3O4S. The summed E-state index contributed by atoms with van der Waals surface area (Å²) in [7, 11) is -3.96. The van der Waals surface area contributed by atoms with Crippen LogP contribution in [0.1, 0.15) is 19.4 Å². The molecule has 0 spiro atoms. The van der Waals surface area contributed by atoms with Crippen molar-refractivity contribution in [3.8, 4) is 0 Å². The van der Waals surface area contributed by atoms with Gasteiger partial charge in [0.1, 0.15) is 6.04 Å². The van der Waals surface area contributed by atoms with Crippen molar-refractivity contribution < 1.29 is 18.0 Å². The van der Waals surface area contributed by atoms with Crippen LogP contribution in [0.2, 0.25) is 5.02 Å². The average molecular weight is 488 g/mol. The maximum atomic E-state index is 13.0. The predicted molar refractivity (Wildman–Crippen MR) is 131 cm³/mol. The fourth-order valence-corrected chi connectivity index (χ4v) is 4.83. The molecule has 33 heavy (non-hydrogen) atoms. The van der Waals surface area contributed by atoms with Gasteiger partial charge in [-0.05, 0) is 53.4 Å². The van der Waals surface area contributed by atoms with Crippen molar-refractivity contribution in [1.29, 1.82) is 0 Å². The topological polar surface area (TPSA) is 104 Å². The van der Waals surface area contributed by atoms with E-state index in [0.717, 1.165) is 10.8 Å². The molecule has 0 aliphatic carbocycles. The Labute approximate surface area is 198 Å². The molecule has 3 aromatic rings. The number of sulfonamides is 1. The molecule has 0 fully saturated rings. The Hall–Kier alpha value is -2.94. The number of hydrogen-bond donors (Lipinski definition) is 3. The number of hydrogen-bond acceptors (Lipinski definition) is 4. The zero-order chi connectivity index (χ0) is 24.2. The molecule has 0 aromatic heterocycles. The first-order valence-corrected chi connectivity index (χ1v) is 12.3. The summed E-state index contributed by atoms with van der Waals surface area (Å²) in [6.07, 6.45) is 0. The van der Waals surface area contributed by atoms with Crippen molar-refractivity contribution in [2.24, 2.45) is 5.92 Å². The summed E-state index contributed by atoms with van der Waals surface area (Å²) in [5.41, 5.74) is 1.25. The molecule has 1 unspecified atom stereocenters. The van der Waals surface area contributed by atoms with Gasteiger partial charge in [-0.1, -0.05) is 61.8 Å². The van der Waals surface area contributed by atoms with Crippen LogP contribution >= 0.6 is 11.6 Å². The lowest BCUT2D eigenvalue weighted by Crippen LogP contribution is -2.50. The Morgan fingerprint density at radius 1 is 0.970 bits per heavy atom. The van der Waals surface area contributed by atoms with Crippen LogP contribution in [0.3, 0.4) is 0 Å². The van der Waals surface area contributed by atoms with Gasteiger partial charge in [0.15, 0.2) is 0 Å². The van der Waals surface area contributed by atoms with E-state index in [4.69, 9.17) is 11.6 Å². The molecule has 0 saturated carbocycles. The molecule has 0 radical (unpaired) electrons. The third kappa shape index (κ3) is 6.10. The fourth-order valence-electron chi connectivity index (χ4n) is 3.28. The van der Waals surface area contributed by atoms with E-state index in [1.165, 1.54) is 6.07 Å². The van der Waals surface area contributed by atoms with Gasteiger partial charge >= 0.3 is 0 Å². The number of amides is 2. The maximum absolute atomic E-state index is 13.0. The maximum Gasteiger partial charge on any atom is 0.243 e. The van der Waals surface area contributed by atoms with Gasteiger partial charge in [0.2, 0.25) is 21.8 Å². The molecule has 0 aliphatic rings. The lowest BCUT2D eigenvalue weighted by atomic mass is 10.1. The molecule has 3 N–H and O–H groups in total. The summed E-state index contributed by atoms with van der Waals surface area (Å²) < 4.78 is 28.4. The van der Waals surface area contributed by atoms with Crippen molar-refractivity contribution in [2.45, 2.75) is 31.7 Å². The average Bonchev–Trinajstić information content (AvgIpc) is 2.78. The van der Waals surface area contributed by atoms with Gasteiger partial charge in [0, 0.05) is 10.7 Å². The highest BCUT2D eigenvalue weighted by Gasteiger charge is 2.28. The second-order valence-corrected chi connectivity index (χ2v) is 10.2. The molecule has 0 saturated heterocycles. The highest BCUT2D eigenvalue weighted by molar-refractivity contribution is 7.89. The molecule has 9 heteroatoms. The second kappa shape index (κ2) is 10.3. The molecule has 0 aliphatic heterocycles. The van der Waals surface area contributed by atoms with Crippen LogP contribution in [0.4, 0.5) is 5.69 Å². The minimum atomic E-state index is -3.96. The zero-order valence-corrected chi connectivity index (χ0v) is 20.1. The number of carbonyl (C=O) groups excluding carboxylic acids is 2. The molecule has 1 atom stereocenters. The summed E-state index contributed by atoms with van der Waals surface area (Å²) in [4.78, 5) is 25.1. The van der Waals surface area contributed by atoms with Crippen molar-refractivity contribution >= 4 is 49.9 Å². The van der Waals surface area contributed by atoms with Crippen LogP contribution in [0.5, 0.6) is 0 Å². The minimum Gasteiger partial charge on any atom is -0.346 e. The molecular weight excluding hydrogens is 462 g/mol. The Kier molecular flexibility index (Phi) is 7.73. The van der Waals surface area contributed by atoms with Gasteiger partial charge in [-0.3, -0.25) is 9.59 Å². The number of fused-ring (bicyclic) bond motifs is 1. The van der Waals surface area contributed by atoms with Crippen molar-refractivity contribution in [3.63, 3.8) is 0 Å². The van der Waals surface area contributed by atoms with E-state index in [-0.39, 0.29) is 17.4 Å². The lowest BCUT2D eigenvalue weighted by Gasteiger charge is -2.21. The summed E-state index contributed by atoms with van der Waals surface area (Å²) in [6.45, 7) is 4.91. The number of anilines is 1. The fraction of sp³-hybridized carbons (Fsp3) is 0.250. The zero-order valence-electron chi connectivity index (χ0n) is 18.6. The van der Waals surface area contributed by atoms with Crippen LogP contribution in [0.15, 0.2) is 65.6 Å². The van der Waals surface area contributed by atoms with Crippen LogP contribution in [0.25, 0.3) is 10.8 Å². The molecule has 0 heterocycles. The SMILES string of the molecule is Cc1c(Cl)cccc1NC(=O)CNC(=O)C(NS(=O)(=O)c1ccc2ccccc2c1)C(C)C. The predicted octanol–water partition coefficient (Wildman–Crippen LogP) is 3.86. The summed E-state index contributed by atoms with van der Waals surface area (Å²) in [6, 6.07) is 16.3. The molecule has 3 rings (SSSR count). The molecule has 7 nitrogen and oxygen atoms in total. The number of benzene rings is 3. The minimum absolute atomic E-state index is 0.0637. The van der Waals surface area contributed by atoms with Gasteiger partial charge in [0.25, 0.3) is 0 Å². The Bertz CT molecular complexity index is 1290. The largest absolute Gasteiger partial charge is 0.346 e. The quantitative estimate of drug-likeness (QED) is 0.448. The van der Waals surface area contributed by atoms with Crippen LogP contribution in [0, 0.1) is 12.8 Å². The highest BCUT2D eigenvalue weighted by atomic mass is 35.5. The first-order valence-electron chi connectivity index (χ1n) is 10.4. The number of halogens is 1. The van der Waals surface area contributed by atoms with E-state index < -0.39 is 27.9 Å². The normalized spacial score (nSPS) is 12.5.